The number of methoxy groups -OCH3 is 1. The molecule has 0 saturated carbocycles. The molecule has 0 unspecified atom stereocenters. The predicted octanol–water partition coefficient (Wildman–Crippen LogP) is 3.15. The van der Waals surface area contributed by atoms with Crippen molar-refractivity contribution in [2.45, 2.75) is 31.5 Å². The maximum absolute atomic E-state index is 13.3. The third-order valence-electron chi connectivity index (χ3n) is 6.63. The van der Waals surface area contributed by atoms with E-state index in [0.717, 1.165) is 27.6 Å². The predicted molar refractivity (Wildman–Crippen MR) is 129 cm³/mol. The van der Waals surface area contributed by atoms with E-state index in [9.17, 15) is 9.18 Å². The summed E-state index contributed by atoms with van der Waals surface area (Å²) >= 11 is 0. The van der Waals surface area contributed by atoms with Crippen LogP contribution in [0.3, 0.4) is 0 Å². The van der Waals surface area contributed by atoms with Crippen molar-refractivity contribution in [1.82, 2.24) is 30.4 Å². The first kappa shape index (κ1) is 22.9. The molecule has 0 aliphatic carbocycles. The number of carbonyl (C=O) groups is 1. The van der Waals surface area contributed by atoms with Gasteiger partial charge < -0.3 is 10.1 Å². The van der Waals surface area contributed by atoms with E-state index in [1.807, 2.05) is 24.3 Å². The molecule has 1 aliphatic heterocycles. The van der Waals surface area contributed by atoms with Gasteiger partial charge in [-0.05, 0) is 57.8 Å². The molecule has 9 heteroatoms. The fourth-order valence-corrected chi connectivity index (χ4v) is 4.83. The SMILES string of the molecule is COc1ccc2ccccc2c1CN1C[C@H](n2cnnn2)C[C@H]1C(=O)NCCc1ccc(F)cc1. The summed E-state index contributed by atoms with van der Waals surface area (Å²) in [5, 5.41) is 16.9. The number of hydrogen-bond donors (Lipinski definition) is 1. The number of nitrogens with zero attached hydrogens (tertiary/aromatic N) is 5. The lowest BCUT2D eigenvalue weighted by atomic mass is 10.0. The zero-order chi connectivity index (χ0) is 24.2. The van der Waals surface area contributed by atoms with Crippen LogP contribution < -0.4 is 10.1 Å². The molecule has 1 aliphatic rings. The Morgan fingerprint density at radius 1 is 1.14 bits per heavy atom. The number of tetrazole rings is 1. The average molecular weight is 475 g/mol. The summed E-state index contributed by atoms with van der Waals surface area (Å²) in [5.41, 5.74) is 2.02. The van der Waals surface area contributed by atoms with Gasteiger partial charge in [-0.1, -0.05) is 42.5 Å². The highest BCUT2D eigenvalue weighted by Crippen LogP contribution is 2.34. The van der Waals surface area contributed by atoms with Crippen molar-refractivity contribution < 1.29 is 13.9 Å². The van der Waals surface area contributed by atoms with E-state index in [0.29, 0.717) is 32.5 Å². The summed E-state index contributed by atoms with van der Waals surface area (Å²) in [6.07, 6.45) is 2.82. The van der Waals surface area contributed by atoms with Crippen LogP contribution >= 0.6 is 0 Å². The first-order valence-corrected chi connectivity index (χ1v) is 11.7. The molecule has 1 fully saturated rings. The number of aromatic nitrogens is 4. The first-order chi connectivity index (χ1) is 17.1. The molecule has 8 nitrogen and oxygen atoms in total. The highest BCUT2D eigenvalue weighted by Gasteiger charge is 2.38. The minimum absolute atomic E-state index is 0.0150. The molecular formula is C26H27FN6O2. The van der Waals surface area contributed by atoms with E-state index in [2.05, 4.69) is 37.9 Å². The molecule has 1 aromatic heterocycles. The Morgan fingerprint density at radius 3 is 2.74 bits per heavy atom. The van der Waals surface area contributed by atoms with Crippen LogP contribution in [0.25, 0.3) is 10.8 Å². The molecule has 1 amide bonds. The van der Waals surface area contributed by atoms with Crippen LogP contribution in [-0.2, 0) is 17.8 Å². The zero-order valence-corrected chi connectivity index (χ0v) is 19.5. The number of fused-ring (bicyclic) bond motifs is 1. The Kier molecular flexibility index (Phi) is 6.67. The van der Waals surface area contributed by atoms with Crippen LogP contribution in [0, 0.1) is 5.82 Å². The number of rotatable bonds is 8. The molecule has 0 spiro atoms. The summed E-state index contributed by atoms with van der Waals surface area (Å²) in [6, 6.07) is 18.2. The van der Waals surface area contributed by atoms with Crippen molar-refractivity contribution in [2.75, 3.05) is 20.2 Å². The third-order valence-corrected chi connectivity index (χ3v) is 6.63. The Hall–Kier alpha value is -3.85. The Morgan fingerprint density at radius 2 is 1.97 bits per heavy atom. The van der Waals surface area contributed by atoms with E-state index in [4.69, 9.17) is 4.74 Å². The van der Waals surface area contributed by atoms with E-state index < -0.39 is 0 Å². The molecule has 0 bridgehead atoms. The van der Waals surface area contributed by atoms with E-state index in [1.165, 1.54) is 12.1 Å². The van der Waals surface area contributed by atoms with Gasteiger partial charge in [0.25, 0.3) is 0 Å². The summed E-state index contributed by atoms with van der Waals surface area (Å²) in [5.74, 6) is 0.490. The van der Waals surface area contributed by atoms with Crippen molar-refractivity contribution in [1.29, 1.82) is 0 Å². The molecule has 4 aromatic rings. The van der Waals surface area contributed by atoms with Gasteiger partial charge in [-0.3, -0.25) is 9.69 Å². The molecule has 0 radical (unpaired) electrons. The lowest BCUT2D eigenvalue weighted by Crippen LogP contribution is -2.43. The summed E-state index contributed by atoms with van der Waals surface area (Å²) in [6.45, 7) is 1.66. The highest BCUT2D eigenvalue weighted by molar-refractivity contribution is 5.88. The Bertz CT molecular complexity index is 1300. The largest absolute Gasteiger partial charge is 0.496 e. The smallest absolute Gasteiger partial charge is 0.237 e. The average Bonchev–Trinajstić information content (AvgIpc) is 3.56. The van der Waals surface area contributed by atoms with E-state index in [1.54, 1.807) is 30.3 Å². The van der Waals surface area contributed by atoms with Crippen molar-refractivity contribution >= 4 is 16.7 Å². The van der Waals surface area contributed by atoms with Gasteiger partial charge in [0.05, 0.1) is 19.2 Å². The maximum Gasteiger partial charge on any atom is 0.237 e. The van der Waals surface area contributed by atoms with E-state index >= 15 is 0 Å². The van der Waals surface area contributed by atoms with Gasteiger partial charge in [0.1, 0.15) is 17.9 Å². The lowest BCUT2D eigenvalue weighted by molar-refractivity contribution is -0.125. The van der Waals surface area contributed by atoms with Crippen molar-refractivity contribution in [2.24, 2.45) is 0 Å². The molecule has 180 valence electrons. The summed E-state index contributed by atoms with van der Waals surface area (Å²) < 4.78 is 20.6. The van der Waals surface area contributed by atoms with E-state index in [-0.39, 0.29) is 23.8 Å². The molecule has 2 atom stereocenters. The van der Waals surface area contributed by atoms with Gasteiger partial charge in [-0.25, -0.2) is 9.07 Å². The fraction of sp³-hybridized carbons (Fsp3) is 0.308. The molecule has 35 heavy (non-hydrogen) atoms. The topological polar surface area (TPSA) is 85.2 Å². The van der Waals surface area contributed by atoms with Gasteiger partial charge in [0.2, 0.25) is 5.91 Å². The monoisotopic (exact) mass is 474 g/mol. The first-order valence-electron chi connectivity index (χ1n) is 11.7. The summed E-state index contributed by atoms with van der Waals surface area (Å²) in [4.78, 5) is 15.5. The second-order valence-electron chi connectivity index (χ2n) is 8.76. The quantitative estimate of drug-likeness (QED) is 0.422. The molecule has 1 saturated heterocycles. The fourth-order valence-electron chi connectivity index (χ4n) is 4.83. The van der Waals surface area contributed by atoms with Gasteiger partial charge >= 0.3 is 0 Å². The normalized spacial score (nSPS) is 18.1. The van der Waals surface area contributed by atoms with Crippen LogP contribution in [0.4, 0.5) is 4.39 Å². The standard InChI is InChI=1S/C26H27FN6O2/c1-35-25-11-8-19-4-2-3-5-22(19)23(25)16-32-15-21(33-17-29-30-31-33)14-24(32)26(34)28-13-12-18-6-9-20(27)10-7-18/h2-11,17,21,24H,12-16H2,1H3,(H,28,34)/t21-,24+/m1/s1. The second kappa shape index (κ2) is 10.2. The molecule has 2 heterocycles. The van der Waals surface area contributed by atoms with Crippen LogP contribution in [-0.4, -0.2) is 57.3 Å². The number of likely N-dealkylation sites (tertiary alicyclic amines) is 1. The molecule has 3 aromatic carbocycles. The zero-order valence-electron chi connectivity index (χ0n) is 19.5. The van der Waals surface area contributed by atoms with Crippen molar-refractivity contribution in [3.63, 3.8) is 0 Å². The number of amides is 1. The van der Waals surface area contributed by atoms with Gasteiger partial charge in [-0.15, -0.1) is 5.10 Å². The van der Waals surface area contributed by atoms with Crippen LogP contribution in [0.2, 0.25) is 0 Å². The molecular weight excluding hydrogens is 447 g/mol. The minimum atomic E-state index is -0.346. The number of nitrogens with one attached hydrogen (secondary N) is 1. The Labute approximate surface area is 202 Å². The van der Waals surface area contributed by atoms with Crippen molar-refractivity contribution in [3.8, 4) is 5.75 Å². The number of halogens is 1. The number of ether oxygens (including phenoxy) is 1. The number of hydrogen-bond acceptors (Lipinski definition) is 6. The Balaban J connectivity index is 1.36. The summed E-state index contributed by atoms with van der Waals surface area (Å²) in [7, 11) is 1.67. The number of carbonyl (C=O) groups excluding carboxylic acids is 1. The van der Waals surface area contributed by atoms with Gasteiger partial charge in [0.15, 0.2) is 0 Å². The lowest BCUT2D eigenvalue weighted by Gasteiger charge is -2.25. The van der Waals surface area contributed by atoms with Crippen LogP contribution in [0.1, 0.15) is 23.6 Å². The maximum atomic E-state index is 13.3. The molecule has 1 N–H and O–H groups in total. The van der Waals surface area contributed by atoms with Crippen LogP contribution in [0.15, 0.2) is 67.0 Å². The molecule has 5 rings (SSSR count). The van der Waals surface area contributed by atoms with Crippen molar-refractivity contribution in [3.05, 3.63) is 83.9 Å². The second-order valence-corrected chi connectivity index (χ2v) is 8.76. The van der Waals surface area contributed by atoms with Crippen LogP contribution in [0.5, 0.6) is 5.75 Å². The van der Waals surface area contributed by atoms with Gasteiger partial charge in [0, 0.05) is 25.2 Å². The van der Waals surface area contributed by atoms with Gasteiger partial charge in [-0.2, -0.15) is 0 Å². The third kappa shape index (κ3) is 5.00. The minimum Gasteiger partial charge on any atom is -0.496 e. The highest BCUT2D eigenvalue weighted by atomic mass is 19.1. The number of benzene rings is 3.